The second-order valence-electron chi connectivity index (χ2n) is 8.24. The normalized spacial score (nSPS) is 32.0. The Bertz CT molecular complexity index is 964. The maximum atomic E-state index is 5.00. The largest absolute Gasteiger partial charge is 0.350 e. The second kappa shape index (κ2) is 6.03. The zero-order valence-electron chi connectivity index (χ0n) is 15.4. The lowest BCUT2D eigenvalue weighted by Gasteiger charge is -2.51. The lowest BCUT2D eigenvalue weighted by Crippen LogP contribution is -2.60. The highest BCUT2D eigenvalue weighted by Gasteiger charge is 2.53. The van der Waals surface area contributed by atoms with Crippen LogP contribution in [0.25, 0.3) is 11.0 Å². The van der Waals surface area contributed by atoms with Crippen LogP contribution in [0, 0.1) is 5.92 Å². The van der Waals surface area contributed by atoms with Gasteiger partial charge in [-0.3, -0.25) is 9.88 Å². The Hall–Kier alpha value is -2.46. The first-order valence-electron chi connectivity index (χ1n) is 10.2. The van der Waals surface area contributed by atoms with Gasteiger partial charge in [0.05, 0.1) is 17.2 Å². The summed E-state index contributed by atoms with van der Waals surface area (Å²) in [6.45, 7) is 3.55. The highest BCUT2D eigenvalue weighted by Crippen LogP contribution is 2.47. The van der Waals surface area contributed by atoms with Gasteiger partial charge in [0.25, 0.3) is 0 Å². The molecule has 0 aliphatic carbocycles. The number of para-hydroxylation sites is 2. The van der Waals surface area contributed by atoms with E-state index in [1.165, 1.54) is 31.5 Å². The van der Waals surface area contributed by atoms with E-state index in [1.807, 2.05) is 18.3 Å². The van der Waals surface area contributed by atoms with Crippen molar-refractivity contribution >= 4 is 16.9 Å². The maximum Gasteiger partial charge on any atom is 0.148 e. The molecule has 27 heavy (non-hydrogen) atoms. The molecule has 0 unspecified atom stereocenters. The Morgan fingerprint density at radius 2 is 1.56 bits per heavy atom. The maximum absolute atomic E-state index is 5.00. The van der Waals surface area contributed by atoms with Crippen molar-refractivity contribution in [3.8, 4) is 0 Å². The number of fused-ring (bicyclic) bond motifs is 3. The van der Waals surface area contributed by atoms with Gasteiger partial charge in [0, 0.05) is 24.5 Å². The van der Waals surface area contributed by atoms with Gasteiger partial charge in [-0.05, 0) is 49.5 Å². The first-order chi connectivity index (χ1) is 13.4. The topological polar surface area (TPSA) is 32.3 Å². The molecule has 0 radical (unpaired) electrons. The molecule has 5 heterocycles. The van der Waals surface area contributed by atoms with Gasteiger partial charge in [-0.15, -0.1) is 0 Å². The van der Waals surface area contributed by atoms with Crippen molar-refractivity contribution in [2.45, 2.75) is 30.8 Å². The average Bonchev–Trinajstić information content (AvgIpc) is 3.18. The summed E-state index contributed by atoms with van der Waals surface area (Å²) in [4.78, 5) is 15.0. The Morgan fingerprint density at radius 1 is 0.815 bits per heavy atom. The van der Waals surface area contributed by atoms with E-state index in [4.69, 9.17) is 9.97 Å². The fourth-order valence-electron chi connectivity index (χ4n) is 5.76. The van der Waals surface area contributed by atoms with Gasteiger partial charge < -0.3 is 4.90 Å². The average molecular weight is 356 g/mol. The molecule has 4 heteroatoms. The summed E-state index contributed by atoms with van der Waals surface area (Å²) in [6, 6.07) is 20.5. The molecule has 1 aromatic heterocycles. The van der Waals surface area contributed by atoms with Crippen LogP contribution in [0.4, 0.5) is 5.82 Å². The summed E-state index contributed by atoms with van der Waals surface area (Å²) in [6.07, 6.45) is 4.63. The van der Waals surface area contributed by atoms with Crippen LogP contribution in [-0.2, 0) is 0 Å². The zero-order valence-corrected chi connectivity index (χ0v) is 15.4. The summed E-state index contributed by atoms with van der Waals surface area (Å²) < 4.78 is 0. The van der Waals surface area contributed by atoms with Gasteiger partial charge in [-0.1, -0.05) is 42.5 Å². The quantitative estimate of drug-likeness (QED) is 0.701. The van der Waals surface area contributed by atoms with Crippen LogP contribution in [0.2, 0.25) is 0 Å². The predicted octanol–water partition coefficient (Wildman–Crippen LogP) is 3.70. The third-order valence-corrected chi connectivity index (χ3v) is 6.95. The summed E-state index contributed by atoms with van der Waals surface area (Å²) in [5.41, 5.74) is 3.44. The molecule has 2 bridgehead atoms. The second-order valence-corrected chi connectivity index (χ2v) is 8.24. The van der Waals surface area contributed by atoms with Crippen LogP contribution in [0.15, 0.2) is 60.8 Å². The van der Waals surface area contributed by atoms with Crippen molar-refractivity contribution in [3.05, 3.63) is 66.4 Å². The van der Waals surface area contributed by atoms with Crippen molar-refractivity contribution in [2.24, 2.45) is 5.92 Å². The van der Waals surface area contributed by atoms with Crippen LogP contribution in [0.1, 0.15) is 24.3 Å². The predicted molar refractivity (Wildman–Crippen MR) is 108 cm³/mol. The molecule has 7 rings (SSSR count). The minimum Gasteiger partial charge on any atom is -0.350 e. The number of piperidine rings is 3. The summed E-state index contributed by atoms with van der Waals surface area (Å²) in [7, 11) is 0. The van der Waals surface area contributed by atoms with Gasteiger partial charge in [0.1, 0.15) is 5.82 Å². The highest BCUT2D eigenvalue weighted by atomic mass is 15.3. The molecular formula is C23H24N4. The smallest absolute Gasteiger partial charge is 0.148 e. The van der Waals surface area contributed by atoms with Crippen LogP contribution in [0.3, 0.4) is 0 Å². The molecule has 136 valence electrons. The Balaban J connectivity index is 1.44. The van der Waals surface area contributed by atoms with Crippen LogP contribution >= 0.6 is 0 Å². The van der Waals surface area contributed by atoms with Crippen LogP contribution < -0.4 is 4.90 Å². The molecule has 4 aliphatic heterocycles. The molecule has 2 aromatic carbocycles. The van der Waals surface area contributed by atoms with E-state index in [0.29, 0.717) is 18.0 Å². The minimum absolute atomic E-state index is 0.549. The Kier molecular flexibility index (Phi) is 3.48. The Labute approximate surface area is 159 Å². The van der Waals surface area contributed by atoms with Crippen molar-refractivity contribution < 1.29 is 0 Å². The molecular weight excluding hydrogens is 332 g/mol. The standard InChI is InChI=1S/C23H24N4/c1-2-6-16(7-3-1)18-15-27(22-17-10-12-26(13-11-17)23(18)22)21-14-24-19-8-4-5-9-20(19)25-21/h1-9,14,17-18,22-23H,10-13,15H2/t18-,22+,23+/m0/s1. The van der Waals surface area contributed by atoms with E-state index in [9.17, 15) is 0 Å². The number of benzene rings is 2. The molecule has 0 spiro atoms. The Morgan fingerprint density at radius 3 is 2.37 bits per heavy atom. The van der Waals surface area contributed by atoms with Gasteiger partial charge >= 0.3 is 0 Å². The fourth-order valence-corrected chi connectivity index (χ4v) is 5.76. The number of anilines is 1. The molecule has 0 amide bonds. The third-order valence-electron chi connectivity index (χ3n) is 6.95. The summed E-state index contributed by atoms with van der Waals surface area (Å²) >= 11 is 0. The van der Waals surface area contributed by atoms with E-state index in [1.54, 1.807) is 0 Å². The monoisotopic (exact) mass is 356 g/mol. The van der Waals surface area contributed by atoms with Crippen molar-refractivity contribution in [1.82, 2.24) is 14.9 Å². The molecule has 3 atom stereocenters. The fraction of sp³-hybridized carbons (Fsp3) is 0.391. The van der Waals surface area contributed by atoms with E-state index in [-0.39, 0.29) is 0 Å². The summed E-state index contributed by atoms with van der Waals surface area (Å²) in [5.74, 6) is 2.38. The van der Waals surface area contributed by atoms with Gasteiger partial charge in [0.2, 0.25) is 0 Å². The van der Waals surface area contributed by atoms with Crippen molar-refractivity contribution in [3.63, 3.8) is 0 Å². The van der Waals surface area contributed by atoms with Crippen LogP contribution in [-0.4, -0.2) is 46.6 Å². The molecule has 4 fully saturated rings. The van der Waals surface area contributed by atoms with E-state index < -0.39 is 0 Å². The minimum atomic E-state index is 0.549. The lowest BCUT2D eigenvalue weighted by molar-refractivity contribution is 0.0354. The number of aromatic nitrogens is 2. The molecule has 4 aliphatic rings. The van der Waals surface area contributed by atoms with Gasteiger partial charge in [-0.25, -0.2) is 4.98 Å². The number of hydrogen-bond donors (Lipinski definition) is 0. The van der Waals surface area contributed by atoms with Gasteiger partial charge in [-0.2, -0.15) is 0 Å². The van der Waals surface area contributed by atoms with E-state index >= 15 is 0 Å². The van der Waals surface area contributed by atoms with Crippen molar-refractivity contribution in [1.29, 1.82) is 0 Å². The van der Waals surface area contributed by atoms with Gasteiger partial charge in [0.15, 0.2) is 0 Å². The van der Waals surface area contributed by atoms with Crippen LogP contribution in [0.5, 0.6) is 0 Å². The first-order valence-corrected chi connectivity index (χ1v) is 10.2. The molecule has 4 nitrogen and oxygen atoms in total. The zero-order chi connectivity index (χ0) is 17.8. The summed E-state index contributed by atoms with van der Waals surface area (Å²) in [5, 5.41) is 0. The lowest BCUT2D eigenvalue weighted by atomic mass is 9.75. The van der Waals surface area contributed by atoms with E-state index in [0.717, 1.165) is 29.3 Å². The molecule has 0 N–H and O–H groups in total. The SMILES string of the molecule is c1ccc([C@@H]2CN(c3cnc4ccccc4n3)[C@@H]3C4CCN(CC4)[C@@H]32)cc1. The molecule has 3 aromatic rings. The highest BCUT2D eigenvalue weighted by molar-refractivity contribution is 5.75. The number of hydrogen-bond acceptors (Lipinski definition) is 4. The first kappa shape index (κ1) is 15.6. The number of nitrogens with zero attached hydrogens (tertiary/aromatic N) is 4. The van der Waals surface area contributed by atoms with E-state index in [2.05, 4.69) is 52.3 Å². The third kappa shape index (κ3) is 2.39. The molecule has 4 saturated heterocycles. The number of rotatable bonds is 2. The van der Waals surface area contributed by atoms with Crippen molar-refractivity contribution in [2.75, 3.05) is 24.5 Å². The molecule has 0 saturated carbocycles.